The third kappa shape index (κ3) is 2.05. The van der Waals surface area contributed by atoms with E-state index in [1.54, 1.807) is 0 Å². The van der Waals surface area contributed by atoms with Gasteiger partial charge in [-0.15, -0.1) is 10.2 Å². The van der Waals surface area contributed by atoms with Gasteiger partial charge in [0, 0.05) is 13.1 Å². The van der Waals surface area contributed by atoms with E-state index < -0.39 is 0 Å². The minimum atomic E-state index is -0.119. The lowest BCUT2D eigenvalue weighted by atomic mass is 9.78. The Kier molecular flexibility index (Phi) is 2.89. The van der Waals surface area contributed by atoms with Crippen LogP contribution in [0, 0.1) is 5.41 Å². The van der Waals surface area contributed by atoms with Gasteiger partial charge in [0.1, 0.15) is 0 Å². The lowest BCUT2D eigenvalue weighted by molar-refractivity contribution is 0.0588. The molecule has 1 aliphatic rings. The Labute approximate surface area is 94.4 Å². The summed E-state index contributed by atoms with van der Waals surface area (Å²) in [6, 6.07) is 0. The monoisotopic (exact) mass is 223 g/mol. The zero-order valence-electron chi connectivity index (χ0n) is 9.73. The molecule has 6 nitrogen and oxygen atoms in total. The third-order valence-electron chi connectivity index (χ3n) is 3.65. The summed E-state index contributed by atoms with van der Waals surface area (Å²) < 4.78 is 0. The highest BCUT2D eigenvalue weighted by atomic mass is 16.2. The number of likely N-dealkylation sites (tertiary alicyclic amines) is 1. The Morgan fingerprint density at radius 1 is 1.50 bits per heavy atom. The molecule has 2 heterocycles. The van der Waals surface area contributed by atoms with Crippen LogP contribution in [-0.2, 0) is 0 Å². The number of hydrogen-bond donors (Lipinski definition) is 1. The number of tetrazole rings is 1. The van der Waals surface area contributed by atoms with Crippen molar-refractivity contribution in [3.05, 3.63) is 5.82 Å². The minimum Gasteiger partial charge on any atom is -0.336 e. The van der Waals surface area contributed by atoms with Gasteiger partial charge in [0.25, 0.3) is 11.7 Å². The maximum Gasteiger partial charge on any atom is 0.295 e. The van der Waals surface area contributed by atoms with E-state index in [-0.39, 0.29) is 11.7 Å². The highest BCUT2D eigenvalue weighted by Gasteiger charge is 2.31. The van der Waals surface area contributed by atoms with Crippen LogP contribution in [0.5, 0.6) is 0 Å². The van der Waals surface area contributed by atoms with Gasteiger partial charge < -0.3 is 4.90 Å². The molecule has 6 heteroatoms. The molecular formula is C10H17N5O. The molecule has 1 fully saturated rings. The predicted octanol–water partition coefficient (Wildman–Crippen LogP) is 0.852. The third-order valence-corrected chi connectivity index (χ3v) is 3.65. The summed E-state index contributed by atoms with van der Waals surface area (Å²) in [6.45, 7) is 6.06. The summed E-state index contributed by atoms with van der Waals surface area (Å²) in [5.74, 6) is 0.0482. The van der Waals surface area contributed by atoms with Gasteiger partial charge in [-0.05, 0) is 23.5 Å². The molecule has 0 radical (unpaired) electrons. The fraction of sp³-hybridized carbons (Fsp3) is 0.800. The number of amides is 1. The summed E-state index contributed by atoms with van der Waals surface area (Å²) >= 11 is 0. The number of aromatic nitrogens is 4. The summed E-state index contributed by atoms with van der Waals surface area (Å²) in [6.07, 6.45) is 3.26. The number of carbonyl (C=O) groups is 1. The molecule has 0 unspecified atom stereocenters. The summed E-state index contributed by atoms with van der Waals surface area (Å²) in [5, 5.41) is 13.1. The van der Waals surface area contributed by atoms with E-state index in [2.05, 4.69) is 34.5 Å². The SMILES string of the molecule is CCC1(C)CCN(C(=O)c2nn[nH]n2)CC1. The first kappa shape index (κ1) is 11.0. The van der Waals surface area contributed by atoms with Gasteiger partial charge in [0.15, 0.2) is 0 Å². The van der Waals surface area contributed by atoms with Gasteiger partial charge in [0.05, 0.1) is 0 Å². The largest absolute Gasteiger partial charge is 0.336 e. The molecule has 0 atom stereocenters. The average Bonchev–Trinajstić information content (AvgIpc) is 2.83. The normalized spacial score (nSPS) is 19.8. The molecular weight excluding hydrogens is 206 g/mol. The van der Waals surface area contributed by atoms with Gasteiger partial charge >= 0.3 is 0 Å². The number of hydrogen-bond acceptors (Lipinski definition) is 4. The standard InChI is InChI=1S/C10H17N5O/c1-3-10(2)4-6-15(7-5-10)9(16)8-11-13-14-12-8/h3-7H2,1-2H3,(H,11,12,13,14). The van der Waals surface area contributed by atoms with Gasteiger partial charge in [-0.1, -0.05) is 20.3 Å². The van der Waals surface area contributed by atoms with Crippen molar-refractivity contribution in [2.24, 2.45) is 5.41 Å². The van der Waals surface area contributed by atoms with Crippen LogP contribution in [0.15, 0.2) is 0 Å². The van der Waals surface area contributed by atoms with E-state index in [4.69, 9.17) is 0 Å². The maximum absolute atomic E-state index is 11.9. The van der Waals surface area contributed by atoms with Crippen LogP contribution < -0.4 is 0 Å². The van der Waals surface area contributed by atoms with E-state index >= 15 is 0 Å². The summed E-state index contributed by atoms with van der Waals surface area (Å²) in [5.41, 5.74) is 0.383. The Morgan fingerprint density at radius 3 is 2.69 bits per heavy atom. The lowest BCUT2D eigenvalue weighted by Crippen LogP contribution is -2.42. The number of carbonyl (C=O) groups excluding carboxylic acids is 1. The van der Waals surface area contributed by atoms with Crippen molar-refractivity contribution in [1.82, 2.24) is 25.5 Å². The van der Waals surface area contributed by atoms with Gasteiger partial charge in [0.2, 0.25) is 0 Å². The topological polar surface area (TPSA) is 74.8 Å². The van der Waals surface area contributed by atoms with Crippen molar-refractivity contribution in [3.8, 4) is 0 Å². The van der Waals surface area contributed by atoms with Gasteiger partial charge in [-0.25, -0.2) is 0 Å². The number of H-pyrrole nitrogens is 1. The fourth-order valence-electron chi connectivity index (χ4n) is 2.00. The quantitative estimate of drug-likeness (QED) is 0.806. The van der Waals surface area contributed by atoms with Crippen molar-refractivity contribution in [2.45, 2.75) is 33.1 Å². The Balaban J connectivity index is 1.97. The van der Waals surface area contributed by atoms with Gasteiger partial charge in [-0.2, -0.15) is 5.21 Å². The molecule has 1 aromatic heterocycles. The van der Waals surface area contributed by atoms with Crippen LogP contribution in [-0.4, -0.2) is 44.5 Å². The van der Waals surface area contributed by atoms with E-state index in [9.17, 15) is 4.79 Å². The van der Waals surface area contributed by atoms with E-state index in [1.807, 2.05) is 4.90 Å². The molecule has 1 aliphatic heterocycles. The van der Waals surface area contributed by atoms with Gasteiger partial charge in [-0.3, -0.25) is 4.79 Å². The highest BCUT2D eigenvalue weighted by molar-refractivity contribution is 5.90. The van der Waals surface area contributed by atoms with Crippen molar-refractivity contribution in [3.63, 3.8) is 0 Å². The summed E-state index contributed by atoms with van der Waals surface area (Å²) in [7, 11) is 0. The molecule has 0 aromatic carbocycles. The number of nitrogens with one attached hydrogen (secondary N) is 1. The second-order valence-corrected chi connectivity index (χ2v) is 4.69. The number of piperidine rings is 1. The first-order chi connectivity index (χ1) is 7.64. The van der Waals surface area contributed by atoms with Crippen molar-refractivity contribution in [2.75, 3.05) is 13.1 Å². The zero-order valence-corrected chi connectivity index (χ0v) is 9.73. The van der Waals surface area contributed by atoms with E-state index in [1.165, 1.54) is 0 Å². The van der Waals surface area contributed by atoms with Crippen LogP contribution in [0.4, 0.5) is 0 Å². The molecule has 88 valence electrons. The second kappa shape index (κ2) is 4.19. The Morgan fingerprint density at radius 2 is 2.19 bits per heavy atom. The average molecular weight is 223 g/mol. The van der Waals surface area contributed by atoms with E-state index in [0.29, 0.717) is 5.41 Å². The number of nitrogens with zero attached hydrogens (tertiary/aromatic N) is 4. The van der Waals surface area contributed by atoms with Crippen LogP contribution in [0.2, 0.25) is 0 Å². The molecule has 0 bridgehead atoms. The van der Waals surface area contributed by atoms with Crippen molar-refractivity contribution >= 4 is 5.91 Å². The molecule has 0 spiro atoms. The Bertz CT molecular complexity index is 353. The van der Waals surface area contributed by atoms with E-state index in [0.717, 1.165) is 32.4 Å². The smallest absolute Gasteiger partial charge is 0.295 e. The molecule has 1 N–H and O–H groups in total. The minimum absolute atomic E-state index is 0.119. The Hall–Kier alpha value is -1.46. The lowest BCUT2D eigenvalue weighted by Gasteiger charge is -2.38. The molecule has 16 heavy (non-hydrogen) atoms. The molecule has 0 saturated carbocycles. The predicted molar refractivity (Wildman–Crippen MR) is 57.7 cm³/mol. The van der Waals surface area contributed by atoms with Crippen molar-refractivity contribution < 1.29 is 4.79 Å². The zero-order chi connectivity index (χ0) is 11.6. The molecule has 1 saturated heterocycles. The molecule has 1 amide bonds. The second-order valence-electron chi connectivity index (χ2n) is 4.69. The van der Waals surface area contributed by atoms with Crippen LogP contribution in [0.25, 0.3) is 0 Å². The number of aromatic amines is 1. The molecule has 0 aliphatic carbocycles. The number of rotatable bonds is 2. The first-order valence-corrected chi connectivity index (χ1v) is 5.67. The van der Waals surface area contributed by atoms with Crippen LogP contribution in [0.3, 0.4) is 0 Å². The molecule has 1 aromatic rings. The van der Waals surface area contributed by atoms with Crippen LogP contribution >= 0.6 is 0 Å². The highest BCUT2D eigenvalue weighted by Crippen LogP contribution is 2.34. The van der Waals surface area contributed by atoms with Crippen molar-refractivity contribution in [1.29, 1.82) is 0 Å². The van der Waals surface area contributed by atoms with Crippen LogP contribution in [0.1, 0.15) is 43.7 Å². The summed E-state index contributed by atoms with van der Waals surface area (Å²) in [4.78, 5) is 13.7. The molecule has 2 rings (SSSR count). The first-order valence-electron chi connectivity index (χ1n) is 5.67. The fourth-order valence-corrected chi connectivity index (χ4v) is 2.00. The maximum atomic E-state index is 11.9.